The predicted molar refractivity (Wildman–Crippen MR) is 186 cm³/mol. The van der Waals surface area contributed by atoms with Crippen molar-refractivity contribution in [1.29, 1.82) is 0 Å². The van der Waals surface area contributed by atoms with Gasteiger partial charge in [0.25, 0.3) is 5.91 Å². The zero-order chi connectivity index (χ0) is 36.7. The second-order valence-corrected chi connectivity index (χ2v) is 14.0. The van der Waals surface area contributed by atoms with Gasteiger partial charge in [-0.15, -0.1) is 0 Å². The molecule has 48 heavy (non-hydrogen) atoms. The molecule has 1 aromatic rings. The van der Waals surface area contributed by atoms with E-state index in [1.54, 1.807) is 14.0 Å². The van der Waals surface area contributed by atoms with Crippen molar-refractivity contribution in [3.8, 4) is 0 Å². The summed E-state index contributed by atoms with van der Waals surface area (Å²) in [6.07, 6.45) is 4.06. The number of carbonyl (C=O) groups excluding carboxylic acids is 5. The number of hydrogen-bond donors (Lipinski definition) is 5. The Labute approximate surface area is 287 Å². The lowest BCUT2D eigenvalue weighted by Crippen LogP contribution is -2.58. The quantitative estimate of drug-likeness (QED) is 0.104. The number of pyridine rings is 1. The summed E-state index contributed by atoms with van der Waals surface area (Å²) < 4.78 is 0.575. The monoisotopic (exact) mass is 675 g/mol. The highest BCUT2D eigenvalue weighted by Gasteiger charge is 2.36. The van der Waals surface area contributed by atoms with Crippen LogP contribution in [-0.2, 0) is 19.2 Å². The van der Waals surface area contributed by atoms with Gasteiger partial charge in [0.2, 0.25) is 23.6 Å². The third-order valence-corrected chi connectivity index (χ3v) is 8.41. The Morgan fingerprint density at radius 2 is 1.38 bits per heavy atom. The van der Waals surface area contributed by atoms with Gasteiger partial charge in [0.05, 0.1) is 11.6 Å². The third kappa shape index (κ3) is 13.8. The average Bonchev–Trinajstić information content (AvgIpc) is 3.02. The van der Waals surface area contributed by atoms with Crippen LogP contribution in [-0.4, -0.2) is 84.8 Å². The molecule has 13 nitrogen and oxygen atoms in total. The van der Waals surface area contributed by atoms with E-state index in [4.69, 9.17) is 0 Å². The summed E-state index contributed by atoms with van der Waals surface area (Å²) in [5, 5.41) is 26.2. The van der Waals surface area contributed by atoms with Crippen molar-refractivity contribution in [3.63, 3.8) is 0 Å². The maximum atomic E-state index is 14.0. The van der Waals surface area contributed by atoms with Crippen molar-refractivity contribution in [2.45, 2.75) is 119 Å². The normalized spacial score (nSPS) is 15.2. The Morgan fingerprint density at radius 1 is 0.792 bits per heavy atom. The molecule has 0 spiro atoms. The van der Waals surface area contributed by atoms with Crippen molar-refractivity contribution >= 4 is 29.5 Å². The Kier molecular flexibility index (Phi) is 18.1. The SMILES string of the molecule is CCNC(=O)[C@@H](NC(=O)[C@H](C)NC[C@H](CC(C)C)NC(=O)[C@H](CC(C)C)N(C)C(=O)[C@@H](NC(=O)c1cc[n+]([O-])cc1)[C@@H](C)CC)C(C)C. The molecule has 0 aliphatic heterocycles. The Morgan fingerprint density at radius 3 is 1.88 bits per heavy atom. The summed E-state index contributed by atoms with van der Waals surface area (Å²) in [6, 6.07) is -0.572. The minimum atomic E-state index is -0.892. The second-order valence-electron chi connectivity index (χ2n) is 14.0. The van der Waals surface area contributed by atoms with Gasteiger partial charge in [-0.1, -0.05) is 61.8 Å². The lowest BCUT2D eigenvalue weighted by atomic mass is 9.95. The van der Waals surface area contributed by atoms with E-state index in [2.05, 4.69) is 26.6 Å². The number of nitrogens with zero attached hydrogens (tertiary/aromatic N) is 2. The van der Waals surface area contributed by atoms with Crippen LogP contribution in [0.2, 0.25) is 0 Å². The lowest BCUT2D eigenvalue weighted by molar-refractivity contribution is -0.605. The van der Waals surface area contributed by atoms with E-state index in [1.165, 1.54) is 29.4 Å². The molecule has 0 aliphatic rings. The van der Waals surface area contributed by atoms with Gasteiger partial charge < -0.3 is 36.7 Å². The second kappa shape index (κ2) is 20.6. The van der Waals surface area contributed by atoms with Crippen molar-refractivity contribution in [1.82, 2.24) is 31.5 Å². The molecule has 0 fully saturated rings. The Hall–Kier alpha value is -3.74. The molecule has 1 rings (SSSR count). The first kappa shape index (κ1) is 42.3. The number of likely N-dealkylation sites (N-methyl/N-ethyl adjacent to an activating group) is 2. The van der Waals surface area contributed by atoms with Crippen LogP contribution in [0.5, 0.6) is 0 Å². The zero-order valence-electron chi connectivity index (χ0n) is 30.9. The maximum Gasteiger partial charge on any atom is 0.252 e. The zero-order valence-corrected chi connectivity index (χ0v) is 30.9. The van der Waals surface area contributed by atoms with Crippen LogP contribution in [0.25, 0.3) is 0 Å². The lowest BCUT2D eigenvalue weighted by Gasteiger charge is -2.35. The maximum absolute atomic E-state index is 14.0. The topological polar surface area (TPSA) is 176 Å². The molecule has 0 unspecified atom stereocenters. The number of nitrogens with one attached hydrogen (secondary N) is 5. The van der Waals surface area contributed by atoms with Gasteiger partial charge in [-0.05, 0) is 50.4 Å². The van der Waals surface area contributed by atoms with Crippen molar-refractivity contribution in [2.24, 2.45) is 23.7 Å². The summed E-state index contributed by atoms with van der Waals surface area (Å²) in [5.41, 5.74) is 0.248. The smallest absolute Gasteiger partial charge is 0.252 e. The van der Waals surface area contributed by atoms with Gasteiger partial charge in [0, 0.05) is 38.3 Å². The summed E-state index contributed by atoms with van der Waals surface area (Å²) >= 11 is 0. The van der Waals surface area contributed by atoms with Crippen LogP contribution in [0.1, 0.15) is 98.9 Å². The van der Waals surface area contributed by atoms with Crippen LogP contribution >= 0.6 is 0 Å². The van der Waals surface area contributed by atoms with E-state index >= 15 is 0 Å². The fourth-order valence-corrected chi connectivity index (χ4v) is 5.30. The summed E-state index contributed by atoms with van der Waals surface area (Å²) in [4.78, 5) is 67.8. The standard InChI is InChI=1S/C35H61N7O6/c1-12-24(9)30(40-32(44)26-14-16-42(48)17-15-26)35(47)41(11)28(19-22(5)6)33(45)38-27(18-21(3)4)20-37-25(10)31(43)39-29(23(7)8)34(46)36-13-2/h14-17,21-25,27-30,37H,12-13,18-20H2,1-11H3,(H,36,46)(H,38,45)(H,39,43)(H,40,44)/t24-,25-,27-,28-,29-,30-/m0/s1. The molecule has 0 bridgehead atoms. The fraction of sp³-hybridized carbons (Fsp3) is 0.714. The molecule has 5 N–H and O–H groups in total. The summed E-state index contributed by atoms with van der Waals surface area (Å²) in [6.45, 7) is 19.9. The van der Waals surface area contributed by atoms with Crippen molar-refractivity contribution in [2.75, 3.05) is 20.1 Å². The van der Waals surface area contributed by atoms with Gasteiger partial charge in [-0.3, -0.25) is 24.0 Å². The first-order valence-electron chi connectivity index (χ1n) is 17.3. The Balaban J connectivity index is 3.13. The van der Waals surface area contributed by atoms with Crippen LogP contribution in [0, 0.1) is 28.9 Å². The third-order valence-electron chi connectivity index (χ3n) is 8.41. The minimum absolute atomic E-state index is 0.0833. The minimum Gasteiger partial charge on any atom is -0.619 e. The van der Waals surface area contributed by atoms with E-state index in [0.717, 1.165) is 0 Å². The van der Waals surface area contributed by atoms with Crippen LogP contribution in [0.4, 0.5) is 0 Å². The summed E-state index contributed by atoms with van der Waals surface area (Å²) in [7, 11) is 1.58. The first-order valence-corrected chi connectivity index (χ1v) is 17.3. The molecule has 6 atom stereocenters. The molecule has 272 valence electrons. The molecule has 0 aliphatic carbocycles. The molecular weight excluding hydrogens is 614 g/mol. The molecule has 0 aromatic carbocycles. The molecule has 1 aromatic heterocycles. The molecular formula is C35H61N7O6. The van der Waals surface area contributed by atoms with Gasteiger partial charge in [-0.2, -0.15) is 4.73 Å². The Bertz CT molecular complexity index is 1190. The number of hydrogen-bond acceptors (Lipinski definition) is 7. The molecule has 13 heteroatoms. The van der Waals surface area contributed by atoms with Crippen LogP contribution < -0.4 is 31.3 Å². The van der Waals surface area contributed by atoms with E-state index in [9.17, 15) is 29.2 Å². The van der Waals surface area contributed by atoms with E-state index in [-0.39, 0.29) is 58.9 Å². The van der Waals surface area contributed by atoms with Crippen LogP contribution in [0.15, 0.2) is 24.5 Å². The highest BCUT2D eigenvalue weighted by molar-refractivity contribution is 5.98. The van der Waals surface area contributed by atoms with E-state index in [1.807, 2.05) is 62.3 Å². The average molecular weight is 676 g/mol. The molecule has 1 heterocycles. The predicted octanol–water partition coefficient (Wildman–Crippen LogP) is 2.12. The molecule has 0 saturated carbocycles. The van der Waals surface area contributed by atoms with Gasteiger partial charge in [0.15, 0.2) is 12.4 Å². The highest BCUT2D eigenvalue weighted by Crippen LogP contribution is 2.18. The summed E-state index contributed by atoms with van der Waals surface area (Å²) in [5.74, 6) is -1.77. The highest BCUT2D eigenvalue weighted by atomic mass is 16.5. The van der Waals surface area contributed by atoms with Gasteiger partial charge in [0.1, 0.15) is 18.1 Å². The molecule has 0 saturated heterocycles. The largest absolute Gasteiger partial charge is 0.619 e. The number of carbonyl (C=O) groups is 5. The van der Waals surface area contributed by atoms with Gasteiger partial charge >= 0.3 is 0 Å². The van der Waals surface area contributed by atoms with Crippen molar-refractivity contribution in [3.05, 3.63) is 35.3 Å². The number of rotatable bonds is 20. The van der Waals surface area contributed by atoms with Crippen molar-refractivity contribution < 1.29 is 28.7 Å². The first-order chi connectivity index (χ1) is 22.4. The molecule has 0 radical (unpaired) electrons. The molecule has 5 amide bonds. The van der Waals surface area contributed by atoms with Crippen LogP contribution in [0.3, 0.4) is 0 Å². The van der Waals surface area contributed by atoms with E-state index in [0.29, 0.717) is 37.1 Å². The van der Waals surface area contributed by atoms with Gasteiger partial charge in [-0.25, -0.2) is 0 Å². The number of aromatic nitrogens is 1. The fourth-order valence-electron chi connectivity index (χ4n) is 5.30. The number of amides is 5. The van der Waals surface area contributed by atoms with E-state index < -0.39 is 30.1 Å².